The number of rotatable bonds is 4. The van der Waals surface area contributed by atoms with E-state index in [0.29, 0.717) is 19.3 Å². The number of ketones is 1. The van der Waals surface area contributed by atoms with Crippen LogP contribution in [0.4, 0.5) is 8.78 Å². The largest absolute Gasteiger partial charge is 0.304 e. The van der Waals surface area contributed by atoms with Gasteiger partial charge in [-0.1, -0.05) is 32.1 Å². The van der Waals surface area contributed by atoms with Crippen molar-refractivity contribution < 1.29 is 13.6 Å². The molecule has 0 radical (unpaired) electrons. The molecule has 1 saturated carbocycles. The maximum Gasteiger partial charge on any atom is 0.304 e. The minimum Gasteiger partial charge on any atom is -0.291 e. The van der Waals surface area contributed by atoms with Crippen molar-refractivity contribution in [1.29, 1.82) is 0 Å². The highest BCUT2D eigenvalue weighted by molar-refractivity contribution is 6.32. The third-order valence-corrected chi connectivity index (χ3v) is 3.36. The topological polar surface area (TPSA) is 17.1 Å². The highest BCUT2D eigenvalue weighted by Gasteiger charge is 2.37. The van der Waals surface area contributed by atoms with Gasteiger partial charge in [0.2, 0.25) is 5.78 Å². The molecular formula is C11H17ClF2O. The van der Waals surface area contributed by atoms with Gasteiger partial charge in [0.05, 0.1) is 5.38 Å². The first-order chi connectivity index (χ1) is 6.91. The van der Waals surface area contributed by atoms with Crippen LogP contribution in [0.3, 0.4) is 0 Å². The van der Waals surface area contributed by atoms with Crippen molar-refractivity contribution in [2.24, 2.45) is 5.92 Å². The third kappa shape index (κ3) is 4.06. The summed E-state index contributed by atoms with van der Waals surface area (Å²) >= 11 is 5.72. The maximum absolute atomic E-state index is 12.7. The van der Waals surface area contributed by atoms with Crippen LogP contribution in [0.2, 0.25) is 0 Å². The molecule has 0 N–H and O–H groups in total. The predicted octanol–water partition coefficient (Wildman–Crippen LogP) is 3.79. The van der Waals surface area contributed by atoms with E-state index in [4.69, 9.17) is 11.6 Å². The third-order valence-electron chi connectivity index (χ3n) is 2.98. The summed E-state index contributed by atoms with van der Waals surface area (Å²) in [5.41, 5.74) is 0. The van der Waals surface area contributed by atoms with Crippen molar-refractivity contribution in [1.82, 2.24) is 0 Å². The van der Waals surface area contributed by atoms with Gasteiger partial charge >= 0.3 is 5.92 Å². The van der Waals surface area contributed by atoms with Crippen LogP contribution in [-0.2, 0) is 4.79 Å². The van der Waals surface area contributed by atoms with Crippen LogP contribution in [0, 0.1) is 5.92 Å². The van der Waals surface area contributed by atoms with Gasteiger partial charge in [-0.25, -0.2) is 0 Å². The van der Waals surface area contributed by atoms with Crippen molar-refractivity contribution in [3.63, 3.8) is 0 Å². The second-order valence-electron chi connectivity index (χ2n) is 4.46. The van der Waals surface area contributed by atoms with Crippen LogP contribution >= 0.6 is 11.6 Å². The van der Waals surface area contributed by atoms with Crippen molar-refractivity contribution in [2.75, 3.05) is 0 Å². The number of hydrogen-bond acceptors (Lipinski definition) is 1. The minimum atomic E-state index is -3.29. The molecule has 0 spiro atoms. The molecule has 0 aromatic carbocycles. The molecule has 0 bridgehead atoms. The molecule has 4 heteroatoms. The minimum absolute atomic E-state index is 0.354. The monoisotopic (exact) mass is 238 g/mol. The van der Waals surface area contributed by atoms with E-state index in [9.17, 15) is 13.6 Å². The van der Waals surface area contributed by atoms with Crippen LogP contribution in [0.1, 0.15) is 45.4 Å². The smallest absolute Gasteiger partial charge is 0.291 e. The quantitative estimate of drug-likeness (QED) is 0.681. The zero-order valence-electron chi connectivity index (χ0n) is 8.94. The first-order valence-electron chi connectivity index (χ1n) is 5.47. The average molecular weight is 239 g/mol. The number of carbonyl (C=O) groups excluding carboxylic acids is 1. The van der Waals surface area contributed by atoms with Gasteiger partial charge in [0, 0.05) is 6.92 Å². The lowest BCUT2D eigenvalue weighted by molar-refractivity contribution is -0.140. The second-order valence-corrected chi connectivity index (χ2v) is 4.99. The van der Waals surface area contributed by atoms with Gasteiger partial charge in [0.25, 0.3) is 0 Å². The van der Waals surface area contributed by atoms with Crippen molar-refractivity contribution in [3.05, 3.63) is 0 Å². The summed E-state index contributed by atoms with van der Waals surface area (Å²) in [4.78, 5) is 11.2. The van der Waals surface area contributed by atoms with E-state index in [2.05, 4.69) is 0 Å². The number of hydrogen-bond donors (Lipinski definition) is 0. The summed E-state index contributed by atoms with van der Waals surface area (Å²) < 4.78 is 25.4. The molecule has 0 aromatic heterocycles. The average Bonchev–Trinajstić information content (AvgIpc) is 2.16. The molecule has 0 heterocycles. The van der Waals surface area contributed by atoms with E-state index in [1.807, 2.05) is 0 Å². The Kier molecular flexibility index (Phi) is 4.50. The fraction of sp³-hybridized carbons (Fsp3) is 0.909. The lowest BCUT2D eigenvalue weighted by atomic mass is 9.85. The molecule has 1 nitrogen and oxygen atoms in total. The van der Waals surface area contributed by atoms with E-state index < -0.39 is 17.1 Å². The standard InChI is InChI=1S/C11H17ClF2O/c1-11(13,14)10(15)9(12)7-8-5-3-2-4-6-8/h8-9H,2-7H2,1H3. The van der Waals surface area contributed by atoms with Crippen LogP contribution < -0.4 is 0 Å². The highest BCUT2D eigenvalue weighted by Crippen LogP contribution is 2.30. The van der Waals surface area contributed by atoms with Gasteiger partial charge in [0.1, 0.15) is 0 Å². The first kappa shape index (κ1) is 12.9. The number of carbonyl (C=O) groups is 1. The van der Waals surface area contributed by atoms with Crippen LogP contribution in [0.5, 0.6) is 0 Å². The predicted molar refractivity (Wildman–Crippen MR) is 56.5 cm³/mol. The van der Waals surface area contributed by atoms with Crippen LogP contribution in [-0.4, -0.2) is 17.1 Å². The van der Waals surface area contributed by atoms with Crippen molar-refractivity contribution in [3.8, 4) is 0 Å². The molecule has 0 saturated heterocycles. The maximum atomic E-state index is 12.7. The molecule has 1 aliphatic rings. The van der Waals surface area contributed by atoms with E-state index in [1.165, 1.54) is 6.42 Å². The highest BCUT2D eigenvalue weighted by atomic mass is 35.5. The molecule has 0 aliphatic heterocycles. The van der Waals surface area contributed by atoms with Gasteiger partial charge in [0.15, 0.2) is 0 Å². The Balaban J connectivity index is 2.40. The number of alkyl halides is 3. The second kappa shape index (κ2) is 5.24. The van der Waals surface area contributed by atoms with Crippen LogP contribution in [0.25, 0.3) is 0 Å². The normalized spacial score (nSPS) is 21.3. The summed E-state index contributed by atoms with van der Waals surface area (Å²) in [5.74, 6) is -4.07. The fourth-order valence-corrected chi connectivity index (χ4v) is 2.54. The molecule has 1 fully saturated rings. The Bertz CT molecular complexity index is 219. The van der Waals surface area contributed by atoms with Gasteiger partial charge in [-0.3, -0.25) is 4.79 Å². The molecule has 1 rings (SSSR count). The number of halogens is 3. The van der Waals surface area contributed by atoms with Crippen molar-refractivity contribution >= 4 is 17.4 Å². The van der Waals surface area contributed by atoms with E-state index in [0.717, 1.165) is 25.7 Å². The summed E-state index contributed by atoms with van der Waals surface area (Å²) in [7, 11) is 0. The Labute approximate surface area is 94.2 Å². The zero-order valence-corrected chi connectivity index (χ0v) is 9.70. The lowest BCUT2D eigenvalue weighted by Gasteiger charge is -2.24. The van der Waals surface area contributed by atoms with Gasteiger partial charge in [-0.15, -0.1) is 11.6 Å². The Hall–Kier alpha value is -0.180. The summed E-state index contributed by atoms with van der Waals surface area (Å²) in [6.07, 6.45) is 5.92. The molecular weight excluding hydrogens is 222 g/mol. The van der Waals surface area contributed by atoms with E-state index >= 15 is 0 Å². The van der Waals surface area contributed by atoms with E-state index in [-0.39, 0.29) is 0 Å². The molecule has 88 valence electrons. The molecule has 0 aromatic rings. The fourth-order valence-electron chi connectivity index (χ4n) is 2.10. The summed E-state index contributed by atoms with van der Waals surface area (Å²) in [6, 6.07) is 0. The van der Waals surface area contributed by atoms with Crippen molar-refractivity contribution in [2.45, 2.75) is 56.7 Å². The molecule has 1 unspecified atom stereocenters. The first-order valence-corrected chi connectivity index (χ1v) is 5.91. The summed E-state index contributed by atoms with van der Waals surface area (Å²) in [5, 5.41) is -1.02. The lowest BCUT2D eigenvalue weighted by Crippen LogP contribution is -2.33. The summed E-state index contributed by atoms with van der Waals surface area (Å²) in [6.45, 7) is 0.617. The molecule has 0 amide bonds. The Morgan fingerprint density at radius 3 is 2.40 bits per heavy atom. The van der Waals surface area contributed by atoms with Gasteiger partial charge in [-0.05, 0) is 12.3 Å². The Morgan fingerprint density at radius 2 is 1.93 bits per heavy atom. The van der Waals surface area contributed by atoms with Gasteiger partial charge in [-0.2, -0.15) is 8.78 Å². The van der Waals surface area contributed by atoms with E-state index in [1.54, 1.807) is 0 Å². The molecule has 1 atom stereocenters. The zero-order chi connectivity index (χ0) is 11.5. The molecule has 15 heavy (non-hydrogen) atoms. The number of Topliss-reactive ketones (excluding diaryl/α,β-unsaturated/α-hetero) is 1. The van der Waals surface area contributed by atoms with Crippen LogP contribution in [0.15, 0.2) is 0 Å². The Morgan fingerprint density at radius 1 is 1.40 bits per heavy atom. The SMILES string of the molecule is CC(F)(F)C(=O)C(Cl)CC1CCCCC1. The molecule has 1 aliphatic carbocycles. The van der Waals surface area contributed by atoms with Gasteiger partial charge < -0.3 is 0 Å².